The SMILES string of the molecule is Cc1ccncc1C(=O)N1CCC(CCc2noc(-c3ccc(F)cc3)n2)CC1. The van der Waals surface area contributed by atoms with E-state index in [0.717, 1.165) is 44.3 Å². The molecule has 0 aliphatic carbocycles. The Labute approximate surface area is 168 Å². The van der Waals surface area contributed by atoms with E-state index < -0.39 is 0 Å². The molecule has 0 radical (unpaired) electrons. The normalized spacial score (nSPS) is 14.9. The molecule has 0 bridgehead atoms. The van der Waals surface area contributed by atoms with Gasteiger partial charge in [0.25, 0.3) is 11.8 Å². The maximum absolute atomic E-state index is 13.0. The van der Waals surface area contributed by atoms with Crippen LogP contribution in [0.2, 0.25) is 0 Å². The van der Waals surface area contributed by atoms with Gasteiger partial charge in [-0.15, -0.1) is 0 Å². The molecule has 0 atom stereocenters. The topological polar surface area (TPSA) is 72.1 Å². The smallest absolute Gasteiger partial charge is 0.257 e. The third-order valence-corrected chi connectivity index (χ3v) is 5.51. The van der Waals surface area contributed by atoms with Crippen LogP contribution in [0.5, 0.6) is 0 Å². The zero-order valence-corrected chi connectivity index (χ0v) is 16.3. The number of pyridine rings is 1. The standard InChI is InChI=1S/C22H23FN4O2/c1-15-8-11-24-14-19(15)22(28)27-12-9-16(10-13-27)2-7-20-25-21(29-26-20)17-3-5-18(23)6-4-17/h3-6,8,11,14,16H,2,7,9-10,12-13H2,1H3. The van der Waals surface area contributed by atoms with Gasteiger partial charge in [-0.25, -0.2) is 4.39 Å². The molecule has 7 heteroatoms. The number of halogens is 1. The van der Waals surface area contributed by atoms with Gasteiger partial charge in [-0.2, -0.15) is 4.98 Å². The Kier molecular flexibility index (Phi) is 5.64. The van der Waals surface area contributed by atoms with Gasteiger partial charge in [0.05, 0.1) is 5.56 Å². The average Bonchev–Trinajstić information content (AvgIpc) is 3.22. The third kappa shape index (κ3) is 4.50. The average molecular weight is 394 g/mol. The summed E-state index contributed by atoms with van der Waals surface area (Å²) in [6, 6.07) is 7.88. The predicted octanol–water partition coefficient (Wildman–Crippen LogP) is 4.06. The fourth-order valence-corrected chi connectivity index (χ4v) is 3.68. The van der Waals surface area contributed by atoms with E-state index in [4.69, 9.17) is 4.52 Å². The molecule has 4 rings (SSSR count). The number of amides is 1. The molecule has 1 saturated heterocycles. The van der Waals surface area contributed by atoms with Crippen LogP contribution in [-0.2, 0) is 6.42 Å². The van der Waals surface area contributed by atoms with Gasteiger partial charge in [0.2, 0.25) is 0 Å². The van der Waals surface area contributed by atoms with Crippen LogP contribution < -0.4 is 0 Å². The molecule has 0 unspecified atom stereocenters. The summed E-state index contributed by atoms with van der Waals surface area (Å²) in [6.07, 6.45) is 6.97. The predicted molar refractivity (Wildman–Crippen MR) is 106 cm³/mol. The molecule has 0 spiro atoms. The molecule has 1 amide bonds. The van der Waals surface area contributed by atoms with Crippen LogP contribution in [0.25, 0.3) is 11.5 Å². The van der Waals surface area contributed by atoms with Crippen LogP contribution in [0, 0.1) is 18.7 Å². The van der Waals surface area contributed by atoms with Crippen molar-refractivity contribution >= 4 is 5.91 Å². The minimum Gasteiger partial charge on any atom is -0.339 e. The molecule has 1 aromatic carbocycles. The van der Waals surface area contributed by atoms with E-state index in [1.54, 1.807) is 24.5 Å². The quantitative estimate of drug-likeness (QED) is 0.652. The largest absolute Gasteiger partial charge is 0.339 e. The maximum atomic E-state index is 13.0. The minimum absolute atomic E-state index is 0.0659. The zero-order chi connectivity index (χ0) is 20.2. The summed E-state index contributed by atoms with van der Waals surface area (Å²) in [6.45, 7) is 3.45. The summed E-state index contributed by atoms with van der Waals surface area (Å²) in [7, 11) is 0. The number of carbonyl (C=O) groups is 1. The molecule has 3 aromatic rings. The molecule has 150 valence electrons. The lowest BCUT2D eigenvalue weighted by Gasteiger charge is -2.32. The van der Waals surface area contributed by atoms with Gasteiger partial charge in [-0.05, 0) is 68.0 Å². The molecule has 1 fully saturated rings. The molecule has 29 heavy (non-hydrogen) atoms. The van der Waals surface area contributed by atoms with Crippen LogP contribution in [0.1, 0.15) is 41.0 Å². The highest BCUT2D eigenvalue weighted by molar-refractivity contribution is 5.95. The maximum Gasteiger partial charge on any atom is 0.257 e. The number of hydrogen-bond donors (Lipinski definition) is 0. The van der Waals surface area contributed by atoms with Gasteiger partial charge >= 0.3 is 0 Å². The number of aryl methyl sites for hydroxylation is 2. The van der Waals surface area contributed by atoms with Gasteiger partial charge in [-0.1, -0.05) is 5.16 Å². The Morgan fingerprint density at radius 2 is 1.97 bits per heavy atom. The lowest BCUT2D eigenvalue weighted by Crippen LogP contribution is -2.38. The highest BCUT2D eigenvalue weighted by atomic mass is 19.1. The van der Waals surface area contributed by atoms with E-state index in [0.29, 0.717) is 28.8 Å². The lowest BCUT2D eigenvalue weighted by molar-refractivity contribution is 0.0685. The van der Waals surface area contributed by atoms with E-state index in [1.165, 1.54) is 12.1 Å². The molecule has 0 saturated carbocycles. The van der Waals surface area contributed by atoms with E-state index in [9.17, 15) is 9.18 Å². The molecule has 3 heterocycles. The second-order valence-electron chi connectivity index (χ2n) is 7.49. The van der Waals surface area contributed by atoms with Crippen LogP contribution in [0.15, 0.2) is 47.2 Å². The number of rotatable bonds is 5. The summed E-state index contributed by atoms with van der Waals surface area (Å²) in [5.41, 5.74) is 2.36. The molecular weight excluding hydrogens is 371 g/mol. The highest BCUT2D eigenvalue weighted by Gasteiger charge is 2.25. The molecular formula is C22H23FN4O2. The fraction of sp³-hybridized carbons (Fsp3) is 0.364. The van der Waals surface area contributed by atoms with Gasteiger partial charge in [0.1, 0.15) is 5.82 Å². The van der Waals surface area contributed by atoms with Crippen molar-refractivity contribution in [3.8, 4) is 11.5 Å². The highest BCUT2D eigenvalue weighted by Crippen LogP contribution is 2.24. The van der Waals surface area contributed by atoms with E-state index in [-0.39, 0.29) is 11.7 Å². The molecule has 2 aromatic heterocycles. The van der Waals surface area contributed by atoms with Gasteiger partial charge in [0.15, 0.2) is 5.82 Å². The first-order valence-electron chi connectivity index (χ1n) is 9.88. The van der Waals surface area contributed by atoms with Crippen molar-refractivity contribution in [3.05, 3.63) is 65.5 Å². The first kappa shape index (κ1) is 19.2. The molecule has 1 aliphatic rings. The Balaban J connectivity index is 1.28. The van der Waals surface area contributed by atoms with Gasteiger partial charge in [0, 0.05) is 37.5 Å². The first-order chi connectivity index (χ1) is 14.1. The van der Waals surface area contributed by atoms with E-state index in [1.807, 2.05) is 17.9 Å². The number of hydrogen-bond acceptors (Lipinski definition) is 5. The van der Waals surface area contributed by atoms with Crippen molar-refractivity contribution in [1.29, 1.82) is 0 Å². The Morgan fingerprint density at radius 1 is 1.21 bits per heavy atom. The number of aromatic nitrogens is 3. The first-order valence-corrected chi connectivity index (χ1v) is 9.88. The van der Waals surface area contributed by atoms with Gasteiger partial charge < -0.3 is 9.42 Å². The fourth-order valence-electron chi connectivity index (χ4n) is 3.68. The third-order valence-electron chi connectivity index (χ3n) is 5.51. The monoisotopic (exact) mass is 394 g/mol. The lowest BCUT2D eigenvalue weighted by atomic mass is 9.91. The van der Waals surface area contributed by atoms with Crippen molar-refractivity contribution in [2.24, 2.45) is 5.92 Å². The van der Waals surface area contributed by atoms with Crippen molar-refractivity contribution in [2.75, 3.05) is 13.1 Å². The molecule has 6 nitrogen and oxygen atoms in total. The van der Waals surface area contributed by atoms with E-state index >= 15 is 0 Å². The number of benzene rings is 1. The zero-order valence-electron chi connectivity index (χ0n) is 16.3. The molecule has 1 aliphatic heterocycles. The van der Waals surface area contributed by atoms with Crippen LogP contribution in [0.3, 0.4) is 0 Å². The van der Waals surface area contributed by atoms with Crippen LogP contribution in [0.4, 0.5) is 4.39 Å². The summed E-state index contributed by atoms with van der Waals surface area (Å²) in [4.78, 5) is 23.1. The summed E-state index contributed by atoms with van der Waals surface area (Å²) in [5, 5.41) is 4.04. The van der Waals surface area contributed by atoms with Crippen molar-refractivity contribution in [2.45, 2.75) is 32.6 Å². The number of piperidine rings is 1. The minimum atomic E-state index is -0.294. The summed E-state index contributed by atoms with van der Waals surface area (Å²) in [5.74, 6) is 1.37. The number of carbonyl (C=O) groups excluding carboxylic acids is 1. The Hall–Kier alpha value is -3.09. The number of nitrogens with zero attached hydrogens (tertiary/aromatic N) is 4. The van der Waals surface area contributed by atoms with Crippen molar-refractivity contribution in [1.82, 2.24) is 20.0 Å². The van der Waals surface area contributed by atoms with Gasteiger partial charge in [-0.3, -0.25) is 9.78 Å². The summed E-state index contributed by atoms with van der Waals surface area (Å²) < 4.78 is 18.3. The van der Waals surface area contributed by atoms with Crippen molar-refractivity contribution < 1.29 is 13.7 Å². The van der Waals surface area contributed by atoms with E-state index in [2.05, 4.69) is 15.1 Å². The van der Waals surface area contributed by atoms with Crippen LogP contribution in [-0.4, -0.2) is 39.0 Å². The second-order valence-corrected chi connectivity index (χ2v) is 7.49. The Morgan fingerprint density at radius 3 is 2.69 bits per heavy atom. The van der Waals surface area contributed by atoms with Crippen molar-refractivity contribution in [3.63, 3.8) is 0 Å². The summed E-state index contributed by atoms with van der Waals surface area (Å²) >= 11 is 0. The molecule has 0 N–H and O–H groups in total. The van der Waals surface area contributed by atoms with Crippen LogP contribution >= 0.6 is 0 Å². The second kappa shape index (κ2) is 8.51. The Bertz CT molecular complexity index is 978. The number of likely N-dealkylation sites (tertiary alicyclic amines) is 1.